The second-order valence-electron chi connectivity index (χ2n) is 30.7. The molecule has 8 aromatic rings. The van der Waals surface area contributed by atoms with E-state index < -0.39 is 0 Å². The third-order valence-corrected chi connectivity index (χ3v) is 17.1. The molecule has 5 aromatic carbocycles. The smallest absolute Gasteiger partial charge is 0.154 e. The molecule has 0 aliphatic carbocycles. The van der Waals surface area contributed by atoms with E-state index in [4.69, 9.17) is 9.97 Å². The zero-order chi connectivity index (χ0) is 61.1. The second kappa shape index (κ2) is 20.9. The minimum absolute atomic E-state index is 0.140. The van der Waals surface area contributed by atoms with Crippen LogP contribution in [-0.2, 0) is 32.5 Å². The number of rotatable bonds is 6. The lowest BCUT2D eigenvalue weighted by molar-refractivity contribution is 0.112. The first-order valence-corrected chi connectivity index (χ1v) is 30.3. The first kappa shape index (κ1) is 59.5. The molecule has 5 heteroatoms. The minimum Gasteiger partial charge on any atom is -0.354 e. The number of aldehydes is 1. The van der Waals surface area contributed by atoms with Crippen LogP contribution in [0.5, 0.6) is 0 Å². The van der Waals surface area contributed by atoms with Gasteiger partial charge in [0.25, 0.3) is 0 Å². The second-order valence-corrected chi connectivity index (χ2v) is 30.7. The molecule has 2 N–H and O–H groups in total. The maximum Gasteiger partial charge on any atom is 0.154 e. The predicted molar refractivity (Wildman–Crippen MR) is 362 cm³/mol. The van der Waals surface area contributed by atoms with E-state index in [1.165, 1.54) is 33.4 Å². The van der Waals surface area contributed by atoms with Crippen LogP contribution in [0.15, 0.2) is 109 Å². The lowest BCUT2D eigenvalue weighted by Gasteiger charge is -2.26. The topological polar surface area (TPSA) is 74.4 Å². The molecule has 2 aliphatic heterocycles. The molecular formula is C79H90N4O. The fourth-order valence-electron chi connectivity index (χ4n) is 12.1. The molecule has 8 bridgehead atoms. The summed E-state index contributed by atoms with van der Waals surface area (Å²) in [5.74, 6) is 0. The Labute approximate surface area is 502 Å². The first-order valence-electron chi connectivity index (χ1n) is 30.3. The van der Waals surface area contributed by atoms with Crippen molar-refractivity contribution >= 4 is 52.2 Å². The van der Waals surface area contributed by atoms with Crippen LogP contribution in [0.2, 0.25) is 0 Å². The number of carbonyl (C=O) groups excluding carboxylic acids is 1. The summed E-state index contributed by atoms with van der Waals surface area (Å²) in [5.41, 5.74) is 28.0. The van der Waals surface area contributed by atoms with Gasteiger partial charge in [-0.3, -0.25) is 4.79 Å². The Hall–Kier alpha value is -7.63. The van der Waals surface area contributed by atoms with Crippen LogP contribution in [0, 0.1) is 27.7 Å². The van der Waals surface area contributed by atoms with Crippen LogP contribution in [-0.4, -0.2) is 26.2 Å². The molecule has 5 nitrogen and oxygen atoms in total. The Bertz CT molecular complexity index is 4100. The Morgan fingerprint density at radius 2 is 0.702 bits per heavy atom. The fourth-order valence-corrected chi connectivity index (χ4v) is 12.1. The van der Waals surface area contributed by atoms with Crippen molar-refractivity contribution in [3.8, 4) is 44.5 Å². The van der Waals surface area contributed by atoms with Gasteiger partial charge in [-0.25, -0.2) is 9.97 Å². The number of nitrogens with one attached hydrogen (secondary N) is 2. The molecule has 0 amide bonds. The molecule has 5 heterocycles. The number of benzene rings is 5. The number of hydrogen-bond donors (Lipinski definition) is 2. The van der Waals surface area contributed by atoms with Crippen LogP contribution < -0.4 is 0 Å². The van der Waals surface area contributed by atoms with Crippen LogP contribution in [0.4, 0.5) is 0 Å². The van der Waals surface area contributed by atoms with Crippen LogP contribution in [0.3, 0.4) is 0 Å². The van der Waals surface area contributed by atoms with E-state index >= 15 is 0 Å². The highest BCUT2D eigenvalue weighted by atomic mass is 16.1. The summed E-state index contributed by atoms with van der Waals surface area (Å²) < 4.78 is 0. The summed E-state index contributed by atoms with van der Waals surface area (Å²) >= 11 is 0. The van der Waals surface area contributed by atoms with Gasteiger partial charge in [-0.2, -0.15) is 0 Å². The van der Waals surface area contributed by atoms with E-state index in [1.807, 2.05) is 0 Å². The average Bonchev–Trinajstić information content (AvgIpc) is 1.93. The van der Waals surface area contributed by atoms with E-state index in [-0.39, 0.29) is 32.5 Å². The third kappa shape index (κ3) is 11.8. The standard InChI is InChI=1S/C79H90N4O/c1-45-27-46(2)30-49(29-45)60-42-67-70(52-35-56(76(11,12)13)40-57(36-52)77(14,15)16)65-25-23-63(80-65)69(51-33-54(74(5,6)7)39-55(34-51)75(8,9)10)64-24-26-66(81-64)71(53-37-58(78(17,18)19)41-59(38-53)79(20,21)22)68-43-61(50-31-47(3)28-48(4)32-50)73(83-68)62(44-84)72(60)82-67/h23-44,80,83H,1-22H3. The molecule has 84 heavy (non-hydrogen) atoms. The normalized spacial score (nSPS) is 13.4. The molecule has 0 spiro atoms. The largest absolute Gasteiger partial charge is 0.354 e. The molecule has 0 saturated heterocycles. The van der Waals surface area contributed by atoms with Gasteiger partial charge in [0.05, 0.1) is 33.9 Å². The highest BCUT2D eigenvalue weighted by molar-refractivity contribution is 6.08. The Morgan fingerprint density at radius 3 is 1.06 bits per heavy atom. The van der Waals surface area contributed by atoms with Crippen LogP contribution in [0.25, 0.3) is 90.4 Å². The number of hydrogen-bond acceptors (Lipinski definition) is 3. The molecule has 0 atom stereocenters. The number of carbonyl (C=O) groups is 1. The molecular weight excluding hydrogens is 1020 g/mol. The maximum atomic E-state index is 14.8. The summed E-state index contributed by atoms with van der Waals surface area (Å²) in [7, 11) is 0. The molecule has 0 radical (unpaired) electrons. The van der Waals surface area contributed by atoms with E-state index in [9.17, 15) is 4.79 Å². The zero-order valence-electron chi connectivity index (χ0n) is 54.5. The van der Waals surface area contributed by atoms with Gasteiger partial charge in [0.2, 0.25) is 0 Å². The van der Waals surface area contributed by atoms with Crippen LogP contribution >= 0.6 is 0 Å². The first-order chi connectivity index (χ1) is 38.9. The van der Waals surface area contributed by atoms with Crippen molar-refractivity contribution in [1.29, 1.82) is 0 Å². The summed E-state index contributed by atoms with van der Waals surface area (Å²) in [4.78, 5) is 34.7. The molecule has 432 valence electrons. The van der Waals surface area contributed by atoms with Crippen molar-refractivity contribution in [3.05, 3.63) is 199 Å². The summed E-state index contributed by atoms with van der Waals surface area (Å²) in [5, 5.41) is 0. The van der Waals surface area contributed by atoms with Crippen molar-refractivity contribution in [1.82, 2.24) is 19.9 Å². The molecule has 2 aliphatic rings. The van der Waals surface area contributed by atoms with Gasteiger partial charge in [-0.15, -0.1) is 0 Å². The van der Waals surface area contributed by atoms with Crippen molar-refractivity contribution in [2.45, 2.75) is 185 Å². The Kier molecular flexibility index (Phi) is 14.8. The molecule has 0 fully saturated rings. The molecule has 10 rings (SSSR count). The van der Waals surface area contributed by atoms with Crippen molar-refractivity contribution in [2.75, 3.05) is 0 Å². The number of H-pyrrole nitrogens is 2. The lowest BCUT2D eigenvalue weighted by Crippen LogP contribution is -2.16. The van der Waals surface area contributed by atoms with Gasteiger partial charge in [0.1, 0.15) is 0 Å². The van der Waals surface area contributed by atoms with E-state index in [0.29, 0.717) is 16.8 Å². The fraction of sp³-hybridized carbons (Fsp3) is 0.354. The summed E-state index contributed by atoms with van der Waals surface area (Å²) in [6, 6.07) is 41.5. The third-order valence-electron chi connectivity index (χ3n) is 17.1. The highest BCUT2D eigenvalue weighted by Gasteiger charge is 2.30. The Morgan fingerprint density at radius 1 is 0.357 bits per heavy atom. The quantitative estimate of drug-likeness (QED) is 0.163. The number of aryl methyl sites for hydroxylation is 4. The number of aromatic nitrogens is 4. The van der Waals surface area contributed by atoms with Crippen molar-refractivity contribution < 1.29 is 4.79 Å². The number of nitrogens with zero attached hydrogens (tertiary/aromatic N) is 2. The summed E-state index contributed by atoms with van der Waals surface area (Å²) in [6.45, 7) is 50.0. The SMILES string of the molecule is Cc1cc(C)cc(C2=Cc3nc2c(C=O)c2[nH]c(cc2-c2cc(C)cc(C)c2)c(-c2cc(C(C)(C)C)cc(C(C)(C)C)c2)c2nc(c(-c4cc(C(C)(C)C)cc(C(C)(C)C)c4)c4ccc([nH]4)c3-c3cc(C(C)(C)C)cc(C(C)(C)C)c3)C=C2)c1. The maximum absolute atomic E-state index is 14.8. The van der Waals surface area contributed by atoms with E-state index in [2.05, 4.69) is 290 Å². The molecule has 0 unspecified atom stereocenters. The van der Waals surface area contributed by atoms with Gasteiger partial charge in [0.15, 0.2) is 6.29 Å². The molecule has 3 aromatic heterocycles. The van der Waals surface area contributed by atoms with Gasteiger partial charge in [-0.1, -0.05) is 238 Å². The van der Waals surface area contributed by atoms with Gasteiger partial charge in [-0.05, 0) is 158 Å². The van der Waals surface area contributed by atoms with Crippen molar-refractivity contribution in [3.63, 3.8) is 0 Å². The Balaban J connectivity index is 1.53. The van der Waals surface area contributed by atoms with Gasteiger partial charge >= 0.3 is 0 Å². The monoisotopic (exact) mass is 1110 g/mol. The predicted octanol–water partition coefficient (Wildman–Crippen LogP) is 21.6. The van der Waals surface area contributed by atoms with E-state index in [1.54, 1.807) is 0 Å². The van der Waals surface area contributed by atoms with Crippen LogP contribution in [0.1, 0.15) is 219 Å². The number of fused-ring (bicyclic) bond motifs is 8. The number of aromatic amines is 2. The zero-order valence-corrected chi connectivity index (χ0v) is 54.5. The highest BCUT2D eigenvalue weighted by Crippen LogP contribution is 2.46. The summed E-state index contributed by atoms with van der Waals surface area (Å²) in [6.07, 6.45) is 7.69. The minimum atomic E-state index is -0.165. The average molecular weight is 1110 g/mol. The van der Waals surface area contributed by atoms with Gasteiger partial charge < -0.3 is 9.97 Å². The van der Waals surface area contributed by atoms with E-state index in [0.717, 1.165) is 118 Å². The lowest BCUT2D eigenvalue weighted by atomic mass is 9.78. The molecule has 0 saturated carbocycles. The van der Waals surface area contributed by atoms with Crippen molar-refractivity contribution in [2.24, 2.45) is 0 Å². The van der Waals surface area contributed by atoms with Gasteiger partial charge in [0, 0.05) is 44.4 Å².